The van der Waals surface area contributed by atoms with Crippen LogP contribution in [0.4, 0.5) is 0 Å². The van der Waals surface area contributed by atoms with Gasteiger partial charge in [0.25, 0.3) is 0 Å². The molecule has 0 bridgehead atoms. The zero-order valence-electron chi connectivity index (χ0n) is 13.8. The number of hydrogen-bond donors (Lipinski definition) is 2. The number of aromatic nitrogens is 2. The number of pyridine rings is 1. The lowest BCUT2D eigenvalue weighted by atomic mass is 10.1. The average Bonchev–Trinajstić information content (AvgIpc) is 2.79. The number of guanidine groups is 1. The zero-order valence-corrected chi connectivity index (χ0v) is 16.1. The van der Waals surface area contributed by atoms with E-state index in [1.165, 1.54) is 0 Å². The SMILES string of the molecule is CCNC(=NCCc1cn2ccccc2n1)NC(C)(C)C.I. The second kappa shape index (κ2) is 8.36. The van der Waals surface area contributed by atoms with E-state index in [1.54, 1.807) is 0 Å². The van der Waals surface area contributed by atoms with Crippen molar-refractivity contribution < 1.29 is 0 Å². The van der Waals surface area contributed by atoms with Crippen molar-refractivity contribution in [2.75, 3.05) is 13.1 Å². The lowest BCUT2D eigenvalue weighted by molar-refractivity contribution is 0.501. The Labute approximate surface area is 149 Å². The minimum atomic E-state index is 0. The fraction of sp³-hybridized carbons (Fsp3) is 0.500. The monoisotopic (exact) mass is 415 g/mol. The first-order valence-corrected chi connectivity index (χ1v) is 7.47. The van der Waals surface area contributed by atoms with Crippen LogP contribution in [-0.2, 0) is 6.42 Å². The molecule has 5 nitrogen and oxygen atoms in total. The van der Waals surface area contributed by atoms with Gasteiger partial charge in [-0.15, -0.1) is 24.0 Å². The summed E-state index contributed by atoms with van der Waals surface area (Å²) >= 11 is 0. The highest BCUT2D eigenvalue weighted by Crippen LogP contribution is 2.05. The van der Waals surface area contributed by atoms with Gasteiger partial charge in [0, 0.05) is 37.4 Å². The number of rotatable bonds is 4. The van der Waals surface area contributed by atoms with Gasteiger partial charge in [0.1, 0.15) is 5.65 Å². The summed E-state index contributed by atoms with van der Waals surface area (Å²) in [7, 11) is 0. The maximum atomic E-state index is 4.61. The van der Waals surface area contributed by atoms with E-state index in [1.807, 2.05) is 28.8 Å². The zero-order chi connectivity index (χ0) is 15.3. The molecule has 0 saturated heterocycles. The molecule has 0 atom stereocenters. The van der Waals surface area contributed by atoms with Gasteiger partial charge in [-0.2, -0.15) is 0 Å². The van der Waals surface area contributed by atoms with Gasteiger partial charge < -0.3 is 15.0 Å². The number of hydrogen-bond acceptors (Lipinski definition) is 2. The number of nitrogens with zero attached hydrogens (tertiary/aromatic N) is 3. The highest BCUT2D eigenvalue weighted by Gasteiger charge is 2.11. The molecule has 2 N–H and O–H groups in total. The minimum Gasteiger partial charge on any atom is -0.357 e. The topological polar surface area (TPSA) is 53.7 Å². The quantitative estimate of drug-likeness (QED) is 0.459. The molecule has 2 aromatic heterocycles. The van der Waals surface area contributed by atoms with Gasteiger partial charge in [-0.3, -0.25) is 4.99 Å². The molecule has 0 aliphatic heterocycles. The summed E-state index contributed by atoms with van der Waals surface area (Å²) in [5, 5.41) is 6.65. The molecule has 0 aromatic carbocycles. The first-order chi connectivity index (χ1) is 9.98. The van der Waals surface area contributed by atoms with E-state index < -0.39 is 0 Å². The molecular weight excluding hydrogens is 389 g/mol. The highest BCUT2D eigenvalue weighted by atomic mass is 127. The van der Waals surface area contributed by atoms with Crippen LogP contribution < -0.4 is 10.6 Å². The van der Waals surface area contributed by atoms with E-state index in [-0.39, 0.29) is 29.5 Å². The van der Waals surface area contributed by atoms with Crippen LogP contribution in [-0.4, -0.2) is 34.0 Å². The summed E-state index contributed by atoms with van der Waals surface area (Å²) < 4.78 is 2.04. The number of aliphatic imine (C=N–C) groups is 1. The second-order valence-corrected chi connectivity index (χ2v) is 6.08. The van der Waals surface area contributed by atoms with Gasteiger partial charge in [-0.1, -0.05) is 6.07 Å². The molecular formula is C16H26IN5. The van der Waals surface area contributed by atoms with Gasteiger partial charge >= 0.3 is 0 Å². The molecule has 0 unspecified atom stereocenters. The van der Waals surface area contributed by atoms with Crippen LogP contribution >= 0.6 is 24.0 Å². The van der Waals surface area contributed by atoms with Crippen LogP contribution in [0.3, 0.4) is 0 Å². The molecule has 0 saturated carbocycles. The van der Waals surface area contributed by atoms with Crippen molar-refractivity contribution in [3.8, 4) is 0 Å². The maximum Gasteiger partial charge on any atom is 0.191 e. The Morgan fingerprint density at radius 2 is 2.09 bits per heavy atom. The molecule has 122 valence electrons. The van der Waals surface area contributed by atoms with Gasteiger partial charge in [0.05, 0.1) is 5.69 Å². The van der Waals surface area contributed by atoms with E-state index >= 15 is 0 Å². The van der Waals surface area contributed by atoms with E-state index in [0.29, 0.717) is 0 Å². The second-order valence-electron chi connectivity index (χ2n) is 6.08. The van der Waals surface area contributed by atoms with Crippen molar-refractivity contribution in [3.63, 3.8) is 0 Å². The molecule has 2 heterocycles. The number of halogens is 1. The van der Waals surface area contributed by atoms with E-state index in [9.17, 15) is 0 Å². The molecule has 0 aliphatic carbocycles. The Balaban J connectivity index is 0.00000242. The predicted octanol–water partition coefficient (Wildman–Crippen LogP) is 2.85. The molecule has 0 fully saturated rings. The van der Waals surface area contributed by atoms with Gasteiger partial charge in [-0.25, -0.2) is 4.98 Å². The van der Waals surface area contributed by atoms with Gasteiger partial charge in [0.15, 0.2) is 5.96 Å². The van der Waals surface area contributed by atoms with Crippen molar-refractivity contribution in [2.45, 2.75) is 39.7 Å². The lowest BCUT2D eigenvalue weighted by Crippen LogP contribution is -2.47. The largest absolute Gasteiger partial charge is 0.357 e. The molecule has 6 heteroatoms. The summed E-state index contributed by atoms with van der Waals surface area (Å²) in [5.41, 5.74) is 2.05. The molecule has 0 amide bonds. The minimum absolute atomic E-state index is 0. The van der Waals surface area contributed by atoms with Crippen LogP contribution in [0.1, 0.15) is 33.4 Å². The van der Waals surface area contributed by atoms with Crippen LogP contribution in [0, 0.1) is 0 Å². The van der Waals surface area contributed by atoms with Crippen LogP contribution in [0.5, 0.6) is 0 Å². The Morgan fingerprint density at radius 1 is 1.32 bits per heavy atom. The summed E-state index contributed by atoms with van der Waals surface area (Å²) in [6.45, 7) is 10.0. The van der Waals surface area contributed by atoms with E-state index in [0.717, 1.165) is 36.8 Å². The Bertz CT molecular complexity index is 579. The Morgan fingerprint density at radius 3 is 2.73 bits per heavy atom. The normalized spacial score (nSPS) is 12.1. The number of fused-ring (bicyclic) bond motifs is 1. The van der Waals surface area contributed by atoms with Crippen molar-refractivity contribution >= 4 is 35.6 Å². The third kappa shape index (κ3) is 5.82. The summed E-state index contributed by atoms with van der Waals surface area (Å²) in [4.78, 5) is 9.19. The molecule has 0 spiro atoms. The van der Waals surface area contributed by atoms with Gasteiger partial charge in [0.2, 0.25) is 0 Å². The van der Waals surface area contributed by atoms with E-state index in [4.69, 9.17) is 0 Å². The van der Waals surface area contributed by atoms with Crippen molar-refractivity contribution in [1.29, 1.82) is 0 Å². The van der Waals surface area contributed by atoms with E-state index in [2.05, 4.69) is 54.5 Å². The van der Waals surface area contributed by atoms with Gasteiger partial charge in [-0.05, 0) is 39.8 Å². The lowest BCUT2D eigenvalue weighted by Gasteiger charge is -2.23. The molecule has 0 aliphatic rings. The molecule has 2 rings (SSSR count). The first-order valence-electron chi connectivity index (χ1n) is 7.47. The summed E-state index contributed by atoms with van der Waals surface area (Å²) in [5.74, 6) is 0.855. The molecule has 0 radical (unpaired) electrons. The van der Waals surface area contributed by atoms with Crippen LogP contribution in [0.25, 0.3) is 5.65 Å². The van der Waals surface area contributed by atoms with Crippen molar-refractivity contribution in [1.82, 2.24) is 20.0 Å². The van der Waals surface area contributed by atoms with Crippen molar-refractivity contribution in [2.24, 2.45) is 4.99 Å². The fourth-order valence-electron chi connectivity index (χ4n) is 2.05. The standard InChI is InChI=1S/C16H25N5.HI/c1-5-17-15(20-16(2,3)4)18-10-9-13-12-21-11-7-6-8-14(21)19-13;/h6-8,11-12H,5,9-10H2,1-4H3,(H2,17,18,20);1H. The highest BCUT2D eigenvalue weighted by molar-refractivity contribution is 14.0. The Hall–Kier alpha value is -1.31. The third-order valence-electron chi connectivity index (χ3n) is 2.89. The Kier molecular flexibility index (Phi) is 7.12. The third-order valence-corrected chi connectivity index (χ3v) is 2.89. The van der Waals surface area contributed by atoms with Crippen molar-refractivity contribution in [3.05, 3.63) is 36.3 Å². The molecule has 22 heavy (non-hydrogen) atoms. The molecule has 2 aromatic rings. The first kappa shape index (κ1) is 18.7. The predicted molar refractivity (Wildman–Crippen MR) is 103 cm³/mol. The van der Waals surface area contributed by atoms with Crippen LogP contribution in [0.15, 0.2) is 35.6 Å². The summed E-state index contributed by atoms with van der Waals surface area (Å²) in [6.07, 6.45) is 4.91. The number of imidazole rings is 1. The van der Waals surface area contributed by atoms with Crippen LogP contribution in [0.2, 0.25) is 0 Å². The smallest absolute Gasteiger partial charge is 0.191 e. The maximum absolute atomic E-state index is 4.61. The number of nitrogens with one attached hydrogen (secondary N) is 2. The fourth-order valence-corrected chi connectivity index (χ4v) is 2.05. The summed E-state index contributed by atoms with van der Waals surface area (Å²) in [6, 6.07) is 6.02. The average molecular weight is 415 g/mol.